The Morgan fingerprint density at radius 2 is 1.83 bits per heavy atom. The number of hydrogen-bond acceptors (Lipinski definition) is 3. The average Bonchev–Trinajstić information content (AvgIpc) is 3.37. The van der Waals surface area contributed by atoms with Gasteiger partial charge in [0.15, 0.2) is 0 Å². The maximum atomic E-state index is 12.9. The molecule has 1 saturated carbocycles. The SMILES string of the molecule is CCC(=O)N[C@H]1CC[C@@H](N(C)C(=O)c2ccc(-c3ccc4c(c3)CC(=O)N4)cc2)C1. The molecule has 2 aromatic rings. The lowest BCUT2D eigenvalue weighted by Crippen LogP contribution is -2.38. The Kier molecular flexibility index (Phi) is 5.57. The molecule has 0 bridgehead atoms. The molecule has 156 valence electrons. The first-order valence-electron chi connectivity index (χ1n) is 10.5. The number of carbonyl (C=O) groups is 3. The molecular weight excluding hydrogens is 378 g/mol. The summed E-state index contributed by atoms with van der Waals surface area (Å²) in [5.41, 5.74) is 4.58. The molecular formula is C24H27N3O3. The van der Waals surface area contributed by atoms with E-state index in [1.165, 1.54) is 0 Å². The minimum atomic E-state index is -0.00207. The Bertz CT molecular complexity index is 984. The van der Waals surface area contributed by atoms with Crippen LogP contribution in [0.15, 0.2) is 42.5 Å². The molecule has 1 heterocycles. The van der Waals surface area contributed by atoms with Crippen molar-refractivity contribution in [2.24, 2.45) is 0 Å². The van der Waals surface area contributed by atoms with Gasteiger partial charge in [-0.1, -0.05) is 25.1 Å². The van der Waals surface area contributed by atoms with Gasteiger partial charge in [0.25, 0.3) is 5.91 Å². The molecule has 3 amide bonds. The Labute approximate surface area is 176 Å². The lowest BCUT2D eigenvalue weighted by Gasteiger charge is -2.25. The Balaban J connectivity index is 1.41. The maximum Gasteiger partial charge on any atom is 0.253 e. The number of nitrogens with one attached hydrogen (secondary N) is 2. The van der Waals surface area contributed by atoms with Crippen molar-refractivity contribution in [1.29, 1.82) is 0 Å². The number of anilines is 1. The van der Waals surface area contributed by atoms with Crippen molar-refractivity contribution in [2.45, 2.75) is 51.1 Å². The van der Waals surface area contributed by atoms with Crippen LogP contribution in [0.1, 0.15) is 48.5 Å². The highest BCUT2D eigenvalue weighted by atomic mass is 16.2. The van der Waals surface area contributed by atoms with E-state index in [9.17, 15) is 14.4 Å². The van der Waals surface area contributed by atoms with E-state index in [2.05, 4.69) is 10.6 Å². The Morgan fingerprint density at radius 3 is 2.57 bits per heavy atom. The van der Waals surface area contributed by atoms with Crippen LogP contribution in [0.4, 0.5) is 5.69 Å². The van der Waals surface area contributed by atoms with Gasteiger partial charge in [-0.3, -0.25) is 14.4 Å². The van der Waals surface area contributed by atoms with Gasteiger partial charge < -0.3 is 15.5 Å². The first-order valence-corrected chi connectivity index (χ1v) is 10.5. The number of rotatable bonds is 5. The summed E-state index contributed by atoms with van der Waals surface area (Å²) in [4.78, 5) is 37.9. The van der Waals surface area contributed by atoms with Crippen LogP contribution < -0.4 is 10.6 Å². The average molecular weight is 405 g/mol. The lowest BCUT2D eigenvalue weighted by molar-refractivity contribution is -0.121. The van der Waals surface area contributed by atoms with Gasteiger partial charge in [-0.2, -0.15) is 0 Å². The summed E-state index contributed by atoms with van der Waals surface area (Å²) >= 11 is 0. The molecule has 0 unspecified atom stereocenters. The molecule has 2 N–H and O–H groups in total. The van der Waals surface area contributed by atoms with E-state index in [0.717, 1.165) is 41.6 Å². The molecule has 1 fully saturated rings. The van der Waals surface area contributed by atoms with Crippen LogP contribution in [0, 0.1) is 0 Å². The quantitative estimate of drug-likeness (QED) is 0.801. The molecule has 2 aromatic carbocycles. The molecule has 6 heteroatoms. The van der Waals surface area contributed by atoms with Crippen LogP contribution in [-0.4, -0.2) is 41.8 Å². The normalized spacial score (nSPS) is 19.9. The van der Waals surface area contributed by atoms with Crippen molar-refractivity contribution < 1.29 is 14.4 Å². The lowest BCUT2D eigenvalue weighted by atomic mass is 10.00. The molecule has 2 aliphatic rings. The minimum Gasteiger partial charge on any atom is -0.353 e. The molecule has 0 aromatic heterocycles. The van der Waals surface area contributed by atoms with Crippen molar-refractivity contribution in [3.63, 3.8) is 0 Å². The van der Waals surface area contributed by atoms with Crippen LogP contribution in [0.25, 0.3) is 11.1 Å². The second kappa shape index (κ2) is 8.30. The number of amides is 3. The van der Waals surface area contributed by atoms with Crippen LogP contribution in [0.5, 0.6) is 0 Å². The summed E-state index contributed by atoms with van der Waals surface area (Å²) in [5.74, 6) is 0.0873. The van der Waals surface area contributed by atoms with Gasteiger partial charge in [0.2, 0.25) is 11.8 Å². The maximum absolute atomic E-state index is 12.9. The Morgan fingerprint density at radius 1 is 1.10 bits per heavy atom. The molecule has 4 rings (SSSR count). The Hall–Kier alpha value is -3.15. The van der Waals surface area contributed by atoms with E-state index in [4.69, 9.17) is 0 Å². The van der Waals surface area contributed by atoms with Crippen molar-refractivity contribution in [2.75, 3.05) is 12.4 Å². The fourth-order valence-electron chi connectivity index (χ4n) is 4.35. The standard InChI is InChI=1S/C24H27N3O3/c1-3-22(28)25-19-9-10-20(14-19)27(2)24(30)16-6-4-15(5-7-16)17-8-11-21-18(12-17)13-23(29)26-21/h4-8,11-12,19-20H,3,9-10,13-14H2,1-2H3,(H,25,28)(H,26,29)/t19-,20+/m0/s1. The zero-order valence-corrected chi connectivity index (χ0v) is 17.4. The van der Waals surface area contributed by atoms with Crippen molar-refractivity contribution in [1.82, 2.24) is 10.2 Å². The summed E-state index contributed by atoms with van der Waals surface area (Å²) in [6.45, 7) is 1.85. The molecule has 2 atom stereocenters. The second-order valence-electron chi connectivity index (χ2n) is 8.18. The molecule has 30 heavy (non-hydrogen) atoms. The van der Waals surface area contributed by atoms with Crippen molar-refractivity contribution in [3.05, 3.63) is 53.6 Å². The number of fused-ring (bicyclic) bond motifs is 1. The van der Waals surface area contributed by atoms with Gasteiger partial charge in [-0.25, -0.2) is 0 Å². The number of nitrogens with zero attached hydrogens (tertiary/aromatic N) is 1. The summed E-state index contributed by atoms with van der Waals surface area (Å²) < 4.78 is 0. The van der Waals surface area contributed by atoms with Gasteiger partial charge in [0.1, 0.15) is 0 Å². The van der Waals surface area contributed by atoms with E-state index < -0.39 is 0 Å². The summed E-state index contributed by atoms with van der Waals surface area (Å²) in [7, 11) is 1.84. The molecule has 6 nitrogen and oxygen atoms in total. The van der Waals surface area contributed by atoms with Crippen molar-refractivity contribution >= 4 is 23.4 Å². The van der Waals surface area contributed by atoms with Crippen LogP contribution in [-0.2, 0) is 16.0 Å². The number of carbonyl (C=O) groups excluding carboxylic acids is 3. The molecule has 1 aliphatic heterocycles. The summed E-state index contributed by atoms with van der Waals surface area (Å²) in [6.07, 6.45) is 3.50. The van der Waals surface area contributed by atoms with Gasteiger partial charge in [0.05, 0.1) is 6.42 Å². The van der Waals surface area contributed by atoms with Gasteiger partial charge >= 0.3 is 0 Å². The van der Waals surface area contributed by atoms with Gasteiger partial charge in [-0.15, -0.1) is 0 Å². The smallest absolute Gasteiger partial charge is 0.253 e. The third kappa shape index (κ3) is 4.08. The van der Waals surface area contributed by atoms with E-state index in [1.807, 2.05) is 56.4 Å². The van der Waals surface area contributed by atoms with Gasteiger partial charge in [-0.05, 0) is 60.2 Å². The fraction of sp³-hybridized carbons (Fsp3) is 0.375. The minimum absolute atomic E-state index is 0.00207. The van der Waals surface area contributed by atoms with Crippen molar-refractivity contribution in [3.8, 4) is 11.1 Å². The molecule has 1 aliphatic carbocycles. The third-order valence-corrected chi connectivity index (χ3v) is 6.15. The molecule has 0 saturated heterocycles. The first-order chi connectivity index (χ1) is 14.4. The zero-order chi connectivity index (χ0) is 21.3. The van der Waals surface area contributed by atoms with E-state index in [-0.39, 0.29) is 29.8 Å². The van der Waals surface area contributed by atoms with E-state index in [0.29, 0.717) is 18.4 Å². The highest BCUT2D eigenvalue weighted by Gasteiger charge is 2.30. The number of benzene rings is 2. The van der Waals surface area contributed by atoms with Crippen LogP contribution in [0.3, 0.4) is 0 Å². The zero-order valence-electron chi connectivity index (χ0n) is 17.4. The summed E-state index contributed by atoms with van der Waals surface area (Å²) in [6, 6.07) is 13.8. The predicted molar refractivity (Wildman–Crippen MR) is 116 cm³/mol. The largest absolute Gasteiger partial charge is 0.353 e. The fourth-order valence-corrected chi connectivity index (χ4v) is 4.35. The molecule has 0 radical (unpaired) electrons. The highest BCUT2D eigenvalue weighted by Crippen LogP contribution is 2.30. The predicted octanol–water partition coefficient (Wildman–Crippen LogP) is 3.37. The van der Waals surface area contributed by atoms with Gasteiger partial charge in [0, 0.05) is 36.8 Å². The second-order valence-corrected chi connectivity index (χ2v) is 8.18. The van der Waals surface area contributed by atoms with Crippen LogP contribution in [0.2, 0.25) is 0 Å². The van der Waals surface area contributed by atoms with Crippen LogP contribution >= 0.6 is 0 Å². The highest BCUT2D eigenvalue weighted by molar-refractivity contribution is 6.00. The first kappa shape index (κ1) is 20.1. The molecule has 0 spiro atoms. The third-order valence-electron chi connectivity index (χ3n) is 6.15. The number of hydrogen-bond donors (Lipinski definition) is 2. The topological polar surface area (TPSA) is 78.5 Å². The summed E-state index contributed by atoms with van der Waals surface area (Å²) in [5, 5.41) is 5.88. The van der Waals surface area contributed by atoms with E-state index >= 15 is 0 Å². The van der Waals surface area contributed by atoms with E-state index in [1.54, 1.807) is 4.90 Å². The monoisotopic (exact) mass is 405 g/mol.